The lowest BCUT2D eigenvalue weighted by Crippen LogP contribution is -2.34. The molecule has 0 bridgehead atoms. The molecule has 1 heterocycles. The number of nitriles is 2. The number of anilines is 2. The predicted octanol–water partition coefficient (Wildman–Crippen LogP) is 4.77. The number of carbonyl (C=O) groups excluding carboxylic acids is 1. The van der Waals surface area contributed by atoms with E-state index in [2.05, 4.69) is 15.3 Å². The van der Waals surface area contributed by atoms with Gasteiger partial charge in [-0.3, -0.25) is 4.79 Å². The largest absolute Gasteiger partial charge is 0.340 e. The number of nitrogens with one attached hydrogen (secondary N) is 1. The Morgan fingerprint density at radius 3 is 2.42 bits per heavy atom. The smallest absolute Gasteiger partial charge is 0.233 e. The van der Waals surface area contributed by atoms with Gasteiger partial charge in [-0.2, -0.15) is 10.5 Å². The van der Waals surface area contributed by atoms with Crippen molar-refractivity contribution in [3.63, 3.8) is 0 Å². The summed E-state index contributed by atoms with van der Waals surface area (Å²) in [7, 11) is 0. The summed E-state index contributed by atoms with van der Waals surface area (Å²) >= 11 is 7.49. The van der Waals surface area contributed by atoms with Crippen molar-refractivity contribution in [2.75, 3.05) is 24.2 Å². The Morgan fingerprint density at radius 1 is 1.03 bits per heavy atom. The monoisotopic (exact) mass is 450 g/mol. The van der Waals surface area contributed by atoms with E-state index < -0.39 is 0 Å². The summed E-state index contributed by atoms with van der Waals surface area (Å²) in [6.45, 7) is 0.602. The van der Waals surface area contributed by atoms with E-state index in [-0.39, 0.29) is 24.5 Å². The first-order valence-electron chi connectivity index (χ1n) is 9.55. The van der Waals surface area contributed by atoms with Crippen LogP contribution in [-0.2, 0) is 4.79 Å². The van der Waals surface area contributed by atoms with Crippen LogP contribution in [0, 0.1) is 22.7 Å². The zero-order valence-corrected chi connectivity index (χ0v) is 18.2. The van der Waals surface area contributed by atoms with Crippen LogP contribution in [0.3, 0.4) is 0 Å². The summed E-state index contributed by atoms with van der Waals surface area (Å²) < 4.78 is 0. The molecule has 0 fully saturated rings. The van der Waals surface area contributed by atoms with Crippen LogP contribution in [0.1, 0.15) is 12.8 Å². The summed E-state index contributed by atoms with van der Waals surface area (Å²) in [5, 5.41) is 22.7. The highest BCUT2D eigenvalue weighted by atomic mass is 35.5. The van der Waals surface area contributed by atoms with E-state index >= 15 is 0 Å². The number of rotatable bonds is 9. The SMILES string of the molecule is N#CCCN(CCC#N)C(=O)CSc1nc(Nc2ccccc2Cl)c2ccccc2n1. The van der Waals surface area contributed by atoms with Crippen LogP contribution < -0.4 is 5.32 Å². The predicted molar refractivity (Wildman–Crippen MR) is 122 cm³/mol. The standard InChI is InChI=1S/C22H19ClN6OS/c23-17-8-2-4-10-19(17)26-21-16-7-1-3-9-18(16)27-22(28-21)31-15-20(30)29(13-5-11-24)14-6-12-25/h1-4,7-10H,5-6,13-15H2,(H,26,27,28). The van der Waals surface area contributed by atoms with Gasteiger partial charge in [-0.25, -0.2) is 9.97 Å². The van der Waals surface area contributed by atoms with Gasteiger partial charge in [0, 0.05) is 18.5 Å². The molecule has 1 N–H and O–H groups in total. The first-order valence-corrected chi connectivity index (χ1v) is 10.9. The highest BCUT2D eigenvalue weighted by molar-refractivity contribution is 7.99. The summed E-state index contributed by atoms with van der Waals surface area (Å²) in [6.07, 6.45) is 0.445. The normalized spacial score (nSPS) is 10.3. The summed E-state index contributed by atoms with van der Waals surface area (Å²) in [4.78, 5) is 23.3. The molecule has 0 spiro atoms. The number of fused-ring (bicyclic) bond motifs is 1. The molecule has 3 aromatic rings. The van der Waals surface area contributed by atoms with Crippen LogP contribution >= 0.6 is 23.4 Å². The highest BCUT2D eigenvalue weighted by Crippen LogP contribution is 2.30. The zero-order chi connectivity index (χ0) is 22.1. The molecule has 1 amide bonds. The van der Waals surface area contributed by atoms with Crippen molar-refractivity contribution in [1.82, 2.24) is 14.9 Å². The van der Waals surface area contributed by atoms with Gasteiger partial charge in [0.2, 0.25) is 5.91 Å². The highest BCUT2D eigenvalue weighted by Gasteiger charge is 2.16. The van der Waals surface area contributed by atoms with Gasteiger partial charge < -0.3 is 10.2 Å². The maximum atomic E-state index is 12.6. The van der Waals surface area contributed by atoms with Gasteiger partial charge in [-0.1, -0.05) is 47.6 Å². The molecule has 0 unspecified atom stereocenters. The van der Waals surface area contributed by atoms with Gasteiger partial charge in [-0.15, -0.1) is 0 Å². The number of thioether (sulfide) groups is 1. The minimum Gasteiger partial charge on any atom is -0.340 e. The van der Waals surface area contributed by atoms with Gasteiger partial charge in [0.15, 0.2) is 5.16 Å². The number of hydrogen-bond acceptors (Lipinski definition) is 7. The minimum absolute atomic E-state index is 0.112. The average Bonchev–Trinajstić information content (AvgIpc) is 2.79. The first kappa shape index (κ1) is 22.4. The second kappa shape index (κ2) is 11.2. The second-order valence-corrected chi connectivity index (χ2v) is 7.81. The van der Waals surface area contributed by atoms with Crippen LogP contribution in [0.2, 0.25) is 5.02 Å². The lowest BCUT2D eigenvalue weighted by Gasteiger charge is -2.20. The van der Waals surface area contributed by atoms with E-state index in [1.54, 1.807) is 6.07 Å². The molecule has 1 aromatic heterocycles. The molecule has 0 atom stereocenters. The van der Waals surface area contributed by atoms with Crippen molar-refractivity contribution in [1.29, 1.82) is 10.5 Å². The summed E-state index contributed by atoms with van der Waals surface area (Å²) in [5.41, 5.74) is 1.46. The van der Waals surface area contributed by atoms with Gasteiger partial charge in [0.25, 0.3) is 0 Å². The average molecular weight is 451 g/mol. The van der Waals surface area contributed by atoms with Gasteiger partial charge in [0.05, 0.1) is 47.0 Å². The van der Waals surface area contributed by atoms with Crippen molar-refractivity contribution in [3.8, 4) is 12.1 Å². The Labute approximate surface area is 189 Å². The molecule has 31 heavy (non-hydrogen) atoms. The fourth-order valence-corrected chi connectivity index (χ4v) is 3.79. The second-order valence-electron chi connectivity index (χ2n) is 6.46. The number of nitrogens with zero attached hydrogens (tertiary/aromatic N) is 5. The van der Waals surface area contributed by atoms with Crippen LogP contribution in [0.15, 0.2) is 53.7 Å². The van der Waals surface area contributed by atoms with E-state index in [4.69, 9.17) is 22.1 Å². The van der Waals surface area contributed by atoms with Crippen LogP contribution in [0.5, 0.6) is 0 Å². The quantitative estimate of drug-likeness (QED) is 0.369. The third kappa shape index (κ3) is 6.08. The van der Waals surface area contributed by atoms with E-state index in [1.807, 2.05) is 54.6 Å². The number of amides is 1. The molecule has 2 aromatic carbocycles. The molecule has 0 radical (unpaired) electrons. The number of carbonyl (C=O) groups is 1. The minimum atomic E-state index is -0.159. The van der Waals surface area contributed by atoms with Gasteiger partial charge >= 0.3 is 0 Å². The Morgan fingerprint density at radius 2 is 1.71 bits per heavy atom. The number of hydrogen-bond donors (Lipinski definition) is 1. The van der Waals surface area contributed by atoms with Gasteiger partial charge in [-0.05, 0) is 24.3 Å². The molecule has 3 rings (SSSR count). The molecule has 0 saturated carbocycles. The molecule has 0 saturated heterocycles. The van der Waals surface area contributed by atoms with Crippen LogP contribution in [0.25, 0.3) is 10.9 Å². The van der Waals surface area contributed by atoms with E-state index in [0.717, 1.165) is 16.6 Å². The first-order chi connectivity index (χ1) is 15.1. The fourth-order valence-electron chi connectivity index (χ4n) is 2.85. The Balaban J connectivity index is 1.81. The maximum absolute atomic E-state index is 12.6. The Kier molecular flexibility index (Phi) is 8.05. The summed E-state index contributed by atoms with van der Waals surface area (Å²) in [6, 6.07) is 19.0. The molecule has 156 valence electrons. The molecule has 9 heteroatoms. The third-order valence-corrected chi connectivity index (χ3v) is 5.54. The lowest BCUT2D eigenvalue weighted by molar-refractivity contribution is -0.128. The topological polar surface area (TPSA) is 106 Å². The molecular formula is C22H19ClN6OS. The number of aromatic nitrogens is 2. The van der Waals surface area contributed by atoms with E-state index in [1.165, 1.54) is 16.7 Å². The van der Waals surface area contributed by atoms with Crippen molar-refractivity contribution in [2.24, 2.45) is 0 Å². The fraction of sp³-hybridized carbons (Fsp3) is 0.227. The van der Waals surface area contributed by atoms with Crippen molar-refractivity contribution >= 4 is 51.7 Å². The Bertz CT molecular complexity index is 1140. The van der Waals surface area contributed by atoms with Crippen molar-refractivity contribution < 1.29 is 4.79 Å². The summed E-state index contributed by atoms with van der Waals surface area (Å²) in [5.74, 6) is 0.549. The molecule has 0 aliphatic heterocycles. The Hall–Kier alpha value is -3.33. The maximum Gasteiger partial charge on any atom is 0.233 e. The molecule has 0 aliphatic carbocycles. The molecular weight excluding hydrogens is 432 g/mol. The number of benzene rings is 2. The molecule has 7 nitrogen and oxygen atoms in total. The van der Waals surface area contributed by atoms with Gasteiger partial charge in [0.1, 0.15) is 5.82 Å². The number of para-hydroxylation sites is 2. The van der Waals surface area contributed by atoms with Crippen LogP contribution in [0.4, 0.5) is 11.5 Å². The zero-order valence-electron chi connectivity index (χ0n) is 16.6. The number of halogens is 1. The molecule has 0 aliphatic rings. The van der Waals surface area contributed by atoms with Crippen molar-refractivity contribution in [3.05, 3.63) is 53.6 Å². The third-order valence-electron chi connectivity index (χ3n) is 4.37. The van der Waals surface area contributed by atoms with Crippen molar-refractivity contribution in [2.45, 2.75) is 18.0 Å². The van der Waals surface area contributed by atoms with Crippen LogP contribution in [-0.4, -0.2) is 39.6 Å². The van der Waals surface area contributed by atoms with E-state index in [9.17, 15) is 4.79 Å². The lowest BCUT2D eigenvalue weighted by atomic mass is 10.2. The van der Waals surface area contributed by atoms with E-state index in [0.29, 0.717) is 29.1 Å².